The second-order valence-electron chi connectivity index (χ2n) is 8.63. The summed E-state index contributed by atoms with van der Waals surface area (Å²) >= 11 is 0. The highest BCUT2D eigenvalue weighted by molar-refractivity contribution is 6.07. The summed E-state index contributed by atoms with van der Waals surface area (Å²) in [4.78, 5) is 27.9. The van der Waals surface area contributed by atoms with Crippen LogP contribution in [0.2, 0.25) is 0 Å². The molecule has 186 valence electrons. The number of amides is 1. The van der Waals surface area contributed by atoms with Gasteiger partial charge in [-0.2, -0.15) is 0 Å². The predicted octanol–water partition coefficient (Wildman–Crippen LogP) is 3.17. The summed E-state index contributed by atoms with van der Waals surface area (Å²) in [5.74, 6) is -0.468. The number of carbonyl (C=O) groups is 1. The quantitative estimate of drug-likeness (QED) is 0.132. The van der Waals surface area contributed by atoms with Gasteiger partial charge in [0.15, 0.2) is 23.1 Å². The first kappa shape index (κ1) is 24.9. The third kappa shape index (κ3) is 6.45. The van der Waals surface area contributed by atoms with Crippen LogP contribution in [0.5, 0.6) is 0 Å². The van der Waals surface area contributed by atoms with E-state index in [-0.39, 0.29) is 17.5 Å². The summed E-state index contributed by atoms with van der Waals surface area (Å²) in [6.45, 7) is 1.23. The third-order valence-electron chi connectivity index (χ3n) is 5.93. The summed E-state index contributed by atoms with van der Waals surface area (Å²) in [6, 6.07) is 19.1. The average Bonchev–Trinajstić information content (AvgIpc) is 3.34. The molecule has 9 nitrogen and oxygen atoms in total. The molecule has 0 saturated heterocycles. The van der Waals surface area contributed by atoms with Crippen molar-refractivity contribution < 1.29 is 4.79 Å². The number of fused-ring (bicyclic) bond motifs is 1. The van der Waals surface area contributed by atoms with Gasteiger partial charge in [0.25, 0.3) is 5.91 Å². The van der Waals surface area contributed by atoms with E-state index in [9.17, 15) is 4.79 Å². The molecule has 0 aliphatic rings. The van der Waals surface area contributed by atoms with Gasteiger partial charge in [-0.1, -0.05) is 48.5 Å². The van der Waals surface area contributed by atoms with Crippen molar-refractivity contribution in [3.8, 4) is 11.1 Å². The van der Waals surface area contributed by atoms with E-state index in [4.69, 9.17) is 17.2 Å². The van der Waals surface area contributed by atoms with Gasteiger partial charge in [0.05, 0.1) is 0 Å². The van der Waals surface area contributed by atoms with Crippen molar-refractivity contribution >= 4 is 28.8 Å². The maximum atomic E-state index is 12.4. The minimum atomic E-state index is -0.533. The molecular formula is C27H32N8O. The normalized spacial score (nSPS) is 11.6. The monoisotopic (exact) mass is 484 g/mol. The molecule has 0 bridgehead atoms. The number of guanidine groups is 1. The molecule has 0 aliphatic carbocycles. The number of hydrogen-bond acceptors (Lipinski definition) is 6. The number of nitrogen functional groups attached to an aromatic ring is 1. The molecule has 0 spiro atoms. The molecule has 36 heavy (non-hydrogen) atoms. The van der Waals surface area contributed by atoms with Gasteiger partial charge in [-0.3, -0.25) is 15.1 Å². The van der Waals surface area contributed by atoms with Crippen LogP contribution < -0.4 is 22.5 Å². The van der Waals surface area contributed by atoms with Gasteiger partial charge in [-0.05, 0) is 67.0 Å². The number of aromatic amines is 1. The van der Waals surface area contributed by atoms with Crippen molar-refractivity contribution in [2.75, 3.05) is 18.8 Å². The summed E-state index contributed by atoms with van der Waals surface area (Å²) in [7, 11) is 0. The molecule has 2 aromatic carbocycles. The van der Waals surface area contributed by atoms with E-state index in [2.05, 4.69) is 73.8 Å². The topological polar surface area (TPSA) is 161 Å². The van der Waals surface area contributed by atoms with Crippen LogP contribution in [-0.4, -0.2) is 39.9 Å². The van der Waals surface area contributed by atoms with E-state index in [0.717, 1.165) is 38.6 Å². The van der Waals surface area contributed by atoms with Crippen molar-refractivity contribution in [3.05, 3.63) is 77.6 Å². The SMILES string of the molecule is NCCCc1ccc(-c2ccc(CCCCN=C(N)NC(=O)c3nc4cc[nH]c4nc3N)cc2)cc1. The highest BCUT2D eigenvalue weighted by Crippen LogP contribution is 2.21. The predicted molar refractivity (Wildman–Crippen MR) is 144 cm³/mol. The smallest absolute Gasteiger partial charge is 0.280 e. The minimum Gasteiger partial charge on any atom is -0.382 e. The van der Waals surface area contributed by atoms with E-state index >= 15 is 0 Å². The number of anilines is 1. The molecule has 0 unspecified atom stereocenters. The number of aliphatic imine (C=N–C) groups is 1. The Morgan fingerprint density at radius 2 is 1.53 bits per heavy atom. The van der Waals surface area contributed by atoms with Gasteiger partial charge >= 0.3 is 0 Å². The number of nitrogens with one attached hydrogen (secondary N) is 2. The van der Waals surface area contributed by atoms with Crippen molar-refractivity contribution in [1.29, 1.82) is 0 Å². The standard InChI is InChI=1S/C27H32N8O/c28-15-3-5-19-8-12-21(13-9-19)20-10-6-18(7-11-20)4-1-2-16-32-27(30)35-26(36)23-24(29)34-25-22(33-23)14-17-31-25/h6-14,17H,1-5,15-16,28H2,(H3,29,31,34)(H3,30,32,35,36). The van der Waals surface area contributed by atoms with Gasteiger partial charge in [0.2, 0.25) is 0 Å². The molecule has 0 fully saturated rings. The largest absolute Gasteiger partial charge is 0.382 e. The summed E-state index contributed by atoms with van der Waals surface area (Å²) in [6.07, 6.45) is 6.46. The Balaban J connectivity index is 1.21. The first-order chi connectivity index (χ1) is 17.5. The Labute approximate surface area is 210 Å². The van der Waals surface area contributed by atoms with Gasteiger partial charge in [0, 0.05) is 12.7 Å². The first-order valence-corrected chi connectivity index (χ1v) is 12.1. The van der Waals surface area contributed by atoms with Crippen LogP contribution in [0, 0.1) is 0 Å². The van der Waals surface area contributed by atoms with Crippen LogP contribution in [0.15, 0.2) is 65.8 Å². The lowest BCUT2D eigenvalue weighted by molar-refractivity contribution is 0.0972. The van der Waals surface area contributed by atoms with Gasteiger partial charge in [0.1, 0.15) is 5.52 Å². The maximum Gasteiger partial charge on any atom is 0.280 e. The zero-order valence-electron chi connectivity index (χ0n) is 20.2. The summed E-state index contributed by atoms with van der Waals surface area (Å²) in [5.41, 5.74) is 23.4. The van der Waals surface area contributed by atoms with E-state index in [1.54, 1.807) is 12.3 Å². The molecular weight excluding hydrogens is 452 g/mol. The van der Waals surface area contributed by atoms with Crippen LogP contribution in [0.1, 0.15) is 40.9 Å². The Kier molecular flexibility index (Phi) is 8.25. The number of hydrogen-bond donors (Lipinski definition) is 5. The van der Waals surface area contributed by atoms with Gasteiger partial charge in [-0.15, -0.1) is 0 Å². The Hall–Kier alpha value is -4.24. The molecule has 4 aromatic rings. The maximum absolute atomic E-state index is 12.4. The van der Waals surface area contributed by atoms with Crippen LogP contribution in [0.25, 0.3) is 22.3 Å². The van der Waals surface area contributed by atoms with E-state index in [0.29, 0.717) is 17.7 Å². The molecule has 0 radical (unpaired) electrons. The number of rotatable bonds is 10. The number of aryl methyl sites for hydroxylation is 2. The summed E-state index contributed by atoms with van der Waals surface area (Å²) in [5, 5.41) is 2.53. The highest BCUT2D eigenvalue weighted by Gasteiger charge is 2.15. The van der Waals surface area contributed by atoms with E-state index < -0.39 is 5.91 Å². The average molecular weight is 485 g/mol. The molecule has 0 atom stereocenters. The number of H-pyrrole nitrogens is 1. The Morgan fingerprint density at radius 1 is 0.889 bits per heavy atom. The van der Waals surface area contributed by atoms with Crippen molar-refractivity contribution in [2.24, 2.45) is 16.5 Å². The van der Waals surface area contributed by atoms with Crippen molar-refractivity contribution in [2.45, 2.75) is 32.1 Å². The summed E-state index contributed by atoms with van der Waals surface area (Å²) < 4.78 is 0. The molecule has 9 heteroatoms. The van der Waals surface area contributed by atoms with Crippen LogP contribution >= 0.6 is 0 Å². The number of aromatic nitrogens is 3. The molecule has 2 aromatic heterocycles. The molecule has 0 saturated carbocycles. The van der Waals surface area contributed by atoms with Crippen molar-refractivity contribution in [1.82, 2.24) is 20.3 Å². The number of unbranched alkanes of at least 4 members (excludes halogenated alkanes) is 1. The second kappa shape index (κ2) is 11.9. The zero-order valence-corrected chi connectivity index (χ0v) is 20.2. The Bertz CT molecular complexity index is 1330. The molecule has 8 N–H and O–H groups in total. The fourth-order valence-corrected chi connectivity index (χ4v) is 3.94. The number of nitrogens with two attached hydrogens (primary N) is 3. The lowest BCUT2D eigenvalue weighted by atomic mass is 10.00. The molecule has 1 amide bonds. The molecule has 4 rings (SSSR count). The molecule has 2 heterocycles. The van der Waals surface area contributed by atoms with E-state index in [1.165, 1.54) is 22.3 Å². The highest BCUT2D eigenvalue weighted by atomic mass is 16.2. The van der Waals surface area contributed by atoms with Crippen LogP contribution in [0.3, 0.4) is 0 Å². The van der Waals surface area contributed by atoms with Gasteiger partial charge < -0.3 is 22.2 Å². The second-order valence-corrected chi connectivity index (χ2v) is 8.63. The third-order valence-corrected chi connectivity index (χ3v) is 5.93. The fraction of sp³-hybridized carbons (Fsp3) is 0.259. The van der Waals surface area contributed by atoms with Crippen LogP contribution in [-0.2, 0) is 12.8 Å². The zero-order chi connectivity index (χ0) is 25.3. The van der Waals surface area contributed by atoms with Gasteiger partial charge in [-0.25, -0.2) is 9.97 Å². The Morgan fingerprint density at radius 3 is 2.17 bits per heavy atom. The number of carbonyl (C=O) groups excluding carboxylic acids is 1. The first-order valence-electron chi connectivity index (χ1n) is 12.1. The minimum absolute atomic E-state index is 0.0197. The fourth-order valence-electron chi connectivity index (χ4n) is 3.94. The van der Waals surface area contributed by atoms with E-state index in [1.807, 2.05) is 0 Å². The number of nitrogens with zero attached hydrogens (tertiary/aromatic N) is 3. The van der Waals surface area contributed by atoms with Crippen LogP contribution in [0.4, 0.5) is 5.82 Å². The van der Waals surface area contributed by atoms with Crippen molar-refractivity contribution in [3.63, 3.8) is 0 Å². The lowest BCUT2D eigenvalue weighted by Gasteiger charge is -2.07. The number of benzene rings is 2. The lowest BCUT2D eigenvalue weighted by Crippen LogP contribution is -2.37. The molecule has 0 aliphatic heterocycles.